The van der Waals surface area contributed by atoms with Gasteiger partial charge in [-0.05, 0) is 30.0 Å². The van der Waals surface area contributed by atoms with E-state index in [1.807, 2.05) is 12.1 Å². The molecule has 2 rings (SSSR count). The predicted octanol–water partition coefficient (Wildman–Crippen LogP) is 3.54. The molecule has 0 radical (unpaired) electrons. The number of anilines is 1. The molecule has 0 fully saturated rings. The van der Waals surface area contributed by atoms with E-state index in [4.69, 9.17) is 4.74 Å². The number of nitrogens with zero attached hydrogens (tertiary/aromatic N) is 1. The van der Waals surface area contributed by atoms with Crippen molar-refractivity contribution in [2.45, 2.75) is 20.8 Å². The fourth-order valence-electron chi connectivity index (χ4n) is 1.75. The Labute approximate surface area is 113 Å². The third kappa shape index (κ3) is 3.19. The number of methoxy groups -OCH3 is 1. The van der Waals surface area contributed by atoms with Gasteiger partial charge in [0.05, 0.1) is 12.8 Å². The molecule has 3 nitrogen and oxygen atoms in total. The minimum Gasteiger partial charge on any atom is -0.495 e. The van der Waals surface area contributed by atoms with Gasteiger partial charge in [0.2, 0.25) is 0 Å². The van der Waals surface area contributed by atoms with E-state index in [1.54, 1.807) is 18.9 Å². The van der Waals surface area contributed by atoms with Crippen molar-refractivity contribution in [3.05, 3.63) is 23.8 Å². The number of benzene rings is 1. The topological polar surface area (TPSA) is 33.6 Å². The summed E-state index contributed by atoms with van der Waals surface area (Å²) in [4.78, 5) is 4.60. The highest BCUT2D eigenvalue weighted by molar-refractivity contribution is 8.14. The molecule has 1 heterocycles. The summed E-state index contributed by atoms with van der Waals surface area (Å²) >= 11 is 1.77. The van der Waals surface area contributed by atoms with Crippen LogP contribution in [0.5, 0.6) is 5.75 Å². The van der Waals surface area contributed by atoms with Crippen LogP contribution in [0.25, 0.3) is 0 Å². The van der Waals surface area contributed by atoms with Crippen LogP contribution in [0.2, 0.25) is 0 Å². The first-order valence-corrected chi connectivity index (χ1v) is 7.08. The number of aliphatic imine (C=N–C) groups is 1. The van der Waals surface area contributed by atoms with Gasteiger partial charge in [0.1, 0.15) is 5.75 Å². The average molecular weight is 264 g/mol. The molecule has 0 saturated heterocycles. The van der Waals surface area contributed by atoms with Crippen LogP contribution in [0.4, 0.5) is 5.69 Å². The number of aryl methyl sites for hydroxylation is 1. The lowest BCUT2D eigenvalue weighted by Crippen LogP contribution is -2.27. The quantitative estimate of drug-likeness (QED) is 0.887. The predicted molar refractivity (Wildman–Crippen MR) is 79.9 cm³/mol. The molecule has 0 atom stereocenters. The van der Waals surface area contributed by atoms with E-state index in [1.165, 1.54) is 5.56 Å². The molecule has 0 spiro atoms. The van der Waals surface area contributed by atoms with Crippen LogP contribution < -0.4 is 10.1 Å². The molecule has 0 aliphatic carbocycles. The van der Waals surface area contributed by atoms with Crippen molar-refractivity contribution >= 4 is 22.6 Å². The number of nitrogens with one attached hydrogen (secondary N) is 1. The molecule has 1 aromatic rings. The van der Waals surface area contributed by atoms with Gasteiger partial charge in [0.25, 0.3) is 0 Å². The molecule has 0 aromatic heterocycles. The van der Waals surface area contributed by atoms with Gasteiger partial charge < -0.3 is 10.1 Å². The van der Waals surface area contributed by atoms with Crippen LogP contribution in [-0.4, -0.2) is 24.6 Å². The van der Waals surface area contributed by atoms with Gasteiger partial charge in [-0.2, -0.15) is 0 Å². The van der Waals surface area contributed by atoms with Crippen molar-refractivity contribution in [1.82, 2.24) is 0 Å². The largest absolute Gasteiger partial charge is 0.495 e. The van der Waals surface area contributed by atoms with Crippen molar-refractivity contribution < 1.29 is 4.74 Å². The highest BCUT2D eigenvalue weighted by Crippen LogP contribution is 2.31. The molecular formula is C14H20N2OS. The maximum absolute atomic E-state index is 5.36. The van der Waals surface area contributed by atoms with Crippen molar-refractivity contribution in [2.24, 2.45) is 10.4 Å². The van der Waals surface area contributed by atoms with Crippen molar-refractivity contribution in [3.8, 4) is 5.75 Å². The first-order chi connectivity index (χ1) is 8.50. The minimum atomic E-state index is 0.298. The molecule has 4 heteroatoms. The second-order valence-electron chi connectivity index (χ2n) is 5.40. The lowest BCUT2D eigenvalue weighted by molar-refractivity contribution is 0.416. The third-order valence-electron chi connectivity index (χ3n) is 2.85. The first kappa shape index (κ1) is 13.3. The Bertz CT molecular complexity index is 469. The molecular weight excluding hydrogens is 244 g/mol. The van der Waals surface area contributed by atoms with Gasteiger partial charge in [-0.15, -0.1) is 0 Å². The number of amidine groups is 1. The normalized spacial score (nSPS) is 18.1. The van der Waals surface area contributed by atoms with Gasteiger partial charge in [-0.1, -0.05) is 31.7 Å². The SMILES string of the molecule is COc1ccc(C)cc1NC1=NCC(C)(C)CS1. The van der Waals surface area contributed by atoms with Gasteiger partial charge in [0.15, 0.2) is 5.17 Å². The Morgan fingerprint density at radius 2 is 2.17 bits per heavy atom. The second-order valence-corrected chi connectivity index (χ2v) is 6.37. The maximum atomic E-state index is 5.36. The summed E-state index contributed by atoms with van der Waals surface area (Å²) in [6.45, 7) is 7.43. The lowest BCUT2D eigenvalue weighted by Gasteiger charge is -2.27. The molecule has 1 aromatic carbocycles. The van der Waals surface area contributed by atoms with Gasteiger partial charge >= 0.3 is 0 Å². The number of thioether (sulfide) groups is 1. The zero-order valence-electron chi connectivity index (χ0n) is 11.4. The van der Waals surface area contributed by atoms with E-state index in [-0.39, 0.29) is 0 Å². The third-order valence-corrected chi connectivity index (χ3v) is 4.28. The number of rotatable bonds is 2. The van der Waals surface area contributed by atoms with Crippen LogP contribution in [0.15, 0.2) is 23.2 Å². The van der Waals surface area contributed by atoms with Crippen molar-refractivity contribution in [2.75, 3.05) is 24.7 Å². The number of hydrogen-bond acceptors (Lipinski definition) is 4. The fourth-order valence-corrected chi connectivity index (χ4v) is 2.71. The summed E-state index contributed by atoms with van der Waals surface area (Å²) in [7, 11) is 1.69. The Kier molecular flexibility index (Phi) is 3.85. The van der Waals surface area contributed by atoms with E-state index < -0.39 is 0 Å². The summed E-state index contributed by atoms with van der Waals surface area (Å²) in [5, 5.41) is 4.35. The smallest absolute Gasteiger partial charge is 0.161 e. The summed E-state index contributed by atoms with van der Waals surface area (Å²) in [5.41, 5.74) is 2.50. The Hall–Kier alpha value is -1.16. The van der Waals surface area contributed by atoms with Crippen molar-refractivity contribution in [1.29, 1.82) is 0 Å². The first-order valence-electron chi connectivity index (χ1n) is 6.09. The summed E-state index contributed by atoms with van der Waals surface area (Å²) in [6, 6.07) is 6.11. The molecule has 1 N–H and O–H groups in total. The van der Waals surface area contributed by atoms with Crippen LogP contribution in [0, 0.1) is 12.3 Å². The molecule has 0 amide bonds. The van der Waals surface area contributed by atoms with Gasteiger partial charge in [-0.3, -0.25) is 4.99 Å². The summed E-state index contributed by atoms with van der Waals surface area (Å²) in [6.07, 6.45) is 0. The Morgan fingerprint density at radius 3 is 2.78 bits per heavy atom. The molecule has 1 aliphatic heterocycles. The Morgan fingerprint density at radius 1 is 1.39 bits per heavy atom. The van der Waals surface area contributed by atoms with E-state index in [2.05, 4.69) is 37.1 Å². The summed E-state index contributed by atoms with van der Waals surface area (Å²) < 4.78 is 5.36. The molecule has 0 saturated carbocycles. The lowest BCUT2D eigenvalue weighted by atomic mass is 9.97. The molecule has 18 heavy (non-hydrogen) atoms. The Balaban J connectivity index is 2.15. The summed E-state index contributed by atoms with van der Waals surface area (Å²) in [5.74, 6) is 1.95. The maximum Gasteiger partial charge on any atom is 0.161 e. The second kappa shape index (κ2) is 5.22. The zero-order chi connectivity index (χ0) is 13.2. The van der Waals surface area contributed by atoms with Crippen LogP contribution in [0.1, 0.15) is 19.4 Å². The highest BCUT2D eigenvalue weighted by atomic mass is 32.2. The molecule has 0 unspecified atom stereocenters. The fraction of sp³-hybridized carbons (Fsp3) is 0.500. The molecule has 1 aliphatic rings. The van der Waals surface area contributed by atoms with Crippen molar-refractivity contribution in [3.63, 3.8) is 0 Å². The van der Waals surface area contributed by atoms with E-state index >= 15 is 0 Å². The van der Waals surface area contributed by atoms with E-state index in [0.717, 1.165) is 28.9 Å². The van der Waals surface area contributed by atoms with Gasteiger partial charge in [0, 0.05) is 12.3 Å². The van der Waals surface area contributed by atoms with E-state index in [9.17, 15) is 0 Å². The van der Waals surface area contributed by atoms with Crippen LogP contribution >= 0.6 is 11.8 Å². The highest BCUT2D eigenvalue weighted by Gasteiger charge is 2.23. The number of ether oxygens (including phenoxy) is 1. The number of hydrogen-bond donors (Lipinski definition) is 1. The average Bonchev–Trinajstić information content (AvgIpc) is 2.32. The van der Waals surface area contributed by atoms with E-state index in [0.29, 0.717) is 5.41 Å². The van der Waals surface area contributed by atoms with Crippen LogP contribution in [0.3, 0.4) is 0 Å². The van der Waals surface area contributed by atoms with Crippen LogP contribution in [-0.2, 0) is 0 Å². The standard InChI is InChI=1S/C14H20N2OS/c1-10-5-6-12(17-4)11(7-10)16-13-15-8-14(2,3)9-18-13/h5-7H,8-9H2,1-4H3,(H,15,16). The minimum absolute atomic E-state index is 0.298. The monoisotopic (exact) mass is 264 g/mol. The zero-order valence-corrected chi connectivity index (χ0v) is 12.2. The molecule has 98 valence electrons. The van der Waals surface area contributed by atoms with Gasteiger partial charge in [-0.25, -0.2) is 0 Å². The molecule has 0 bridgehead atoms.